The second-order valence-corrected chi connectivity index (χ2v) is 8.57. The van der Waals surface area contributed by atoms with Crippen LogP contribution < -0.4 is 5.32 Å². The van der Waals surface area contributed by atoms with Crippen LogP contribution in [-0.2, 0) is 4.74 Å². The number of thioether (sulfide) groups is 1. The van der Waals surface area contributed by atoms with Gasteiger partial charge in [0.25, 0.3) is 0 Å². The van der Waals surface area contributed by atoms with Crippen LogP contribution in [0, 0.1) is 0 Å². The number of carbonyl (C=O) groups excluding carboxylic acids is 1. The van der Waals surface area contributed by atoms with Crippen LogP contribution in [0.25, 0.3) is 22.2 Å². The Balaban J connectivity index is 1.61. The zero-order valence-electron chi connectivity index (χ0n) is 14.6. The molecular weight excluding hydrogens is 398 g/mol. The van der Waals surface area contributed by atoms with Crippen LogP contribution in [-0.4, -0.2) is 29.3 Å². The van der Waals surface area contributed by atoms with Crippen molar-refractivity contribution in [3.05, 3.63) is 52.9 Å². The zero-order chi connectivity index (χ0) is 18.8. The standard InChI is InChI=1S/C19H15N3O2S3/c1-24-17(23)16-8-13(18(25-2)27-16)15-10-26-19(22-15)21-12-7-11-5-3-4-6-14(11)20-9-12/h3-10H,1-2H3,(H,21,22). The third-order valence-electron chi connectivity index (χ3n) is 3.89. The van der Waals surface area contributed by atoms with Crippen molar-refractivity contribution < 1.29 is 9.53 Å². The summed E-state index contributed by atoms with van der Waals surface area (Å²) in [6, 6.07) is 11.9. The molecule has 0 aliphatic heterocycles. The zero-order valence-corrected chi connectivity index (χ0v) is 17.0. The van der Waals surface area contributed by atoms with E-state index in [4.69, 9.17) is 4.74 Å². The molecule has 136 valence electrons. The van der Waals surface area contributed by atoms with E-state index in [1.54, 1.807) is 18.0 Å². The highest BCUT2D eigenvalue weighted by molar-refractivity contribution is 8.00. The van der Waals surface area contributed by atoms with Crippen molar-refractivity contribution in [2.75, 3.05) is 18.7 Å². The number of hydrogen-bond donors (Lipinski definition) is 1. The second-order valence-electron chi connectivity index (χ2n) is 5.59. The van der Waals surface area contributed by atoms with E-state index in [-0.39, 0.29) is 5.97 Å². The first-order valence-corrected chi connectivity index (χ1v) is 10.9. The monoisotopic (exact) mass is 413 g/mol. The van der Waals surface area contributed by atoms with Crippen LogP contribution in [0.4, 0.5) is 10.8 Å². The van der Waals surface area contributed by atoms with Crippen molar-refractivity contribution in [1.82, 2.24) is 9.97 Å². The molecule has 0 spiro atoms. The largest absolute Gasteiger partial charge is 0.465 e. The maximum absolute atomic E-state index is 11.8. The number of thiazole rings is 1. The van der Waals surface area contributed by atoms with Gasteiger partial charge in [0.05, 0.1) is 34.4 Å². The minimum absolute atomic E-state index is 0.322. The van der Waals surface area contributed by atoms with Crippen molar-refractivity contribution in [1.29, 1.82) is 0 Å². The molecule has 0 bridgehead atoms. The van der Waals surface area contributed by atoms with Gasteiger partial charge in [0, 0.05) is 16.3 Å². The summed E-state index contributed by atoms with van der Waals surface area (Å²) in [6.07, 6.45) is 3.79. The van der Waals surface area contributed by atoms with E-state index in [0.717, 1.165) is 37.2 Å². The Hall–Kier alpha value is -2.42. The lowest BCUT2D eigenvalue weighted by Crippen LogP contribution is -1.96. The molecular formula is C19H15N3O2S3. The average molecular weight is 414 g/mol. The molecule has 1 N–H and O–H groups in total. The third kappa shape index (κ3) is 3.69. The first-order chi connectivity index (χ1) is 13.2. The lowest BCUT2D eigenvalue weighted by Gasteiger charge is -2.03. The Morgan fingerprint density at radius 1 is 1.26 bits per heavy atom. The maximum atomic E-state index is 11.8. The van der Waals surface area contributed by atoms with Gasteiger partial charge >= 0.3 is 5.97 Å². The molecule has 3 heterocycles. The van der Waals surface area contributed by atoms with E-state index < -0.39 is 0 Å². The molecule has 0 saturated heterocycles. The number of aromatic nitrogens is 2. The second kappa shape index (κ2) is 7.67. The molecule has 4 rings (SSSR count). The van der Waals surface area contributed by atoms with E-state index in [9.17, 15) is 4.79 Å². The highest BCUT2D eigenvalue weighted by atomic mass is 32.2. The van der Waals surface area contributed by atoms with Gasteiger partial charge in [-0.1, -0.05) is 18.2 Å². The van der Waals surface area contributed by atoms with Crippen molar-refractivity contribution in [2.24, 2.45) is 0 Å². The van der Waals surface area contributed by atoms with Gasteiger partial charge in [0.1, 0.15) is 4.88 Å². The molecule has 0 atom stereocenters. The average Bonchev–Trinajstić information content (AvgIpc) is 3.34. The number of anilines is 2. The predicted octanol–water partition coefficient (Wildman–Crippen LogP) is 5.67. The summed E-state index contributed by atoms with van der Waals surface area (Å²) in [5, 5.41) is 7.15. The Morgan fingerprint density at radius 3 is 2.93 bits per heavy atom. The number of nitrogens with zero attached hydrogens (tertiary/aromatic N) is 2. The van der Waals surface area contributed by atoms with Gasteiger partial charge < -0.3 is 10.1 Å². The molecule has 0 radical (unpaired) electrons. The number of ether oxygens (including phenoxy) is 1. The highest BCUT2D eigenvalue weighted by Gasteiger charge is 2.18. The minimum Gasteiger partial charge on any atom is -0.465 e. The topological polar surface area (TPSA) is 64.1 Å². The van der Waals surface area contributed by atoms with Crippen molar-refractivity contribution in [3.63, 3.8) is 0 Å². The smallest absolute Gasteiger partial charge is 0.348 e. The summed E-state index contributed by atoms with van der Waals surface area (Å²) < 4.78 is 5.87. The number of para-hydroxylation sites is 1. The van der Waals surface area contributed by atoms with Gasteiger partial charge in [0.15, 0.2) is 5.13 Å². The molecule has 5 nitrogen and oxygen atoms in total. The lowest BCUT2D eigenvalue weighted by atomic mass is 10.2. The van der Waals surface area contributed by atoms with Crippen molar-refractivity contribution in [2.45, 2.75) is 4.21 Å². The minimum atomic E-state index is -0.322. The molecule has 27 heavy (non-hydrogen) atoms. The van der Waals surface area contributed by atoms with E-state index >= 15 is 0 Å². The van der Waals surface area contributed by atoms with E-state index in [1.807, 2.05) is 42.0 Å². The molecule has 0 aliphatic carbocycles. The van der Waals surface area contributed by atoms with E-state index in [2.05, 4.69) is 21.4 Å². The molecule has 0 saturated carbocycles. The SMILES string of the molecule is COC(=O)c1cc(-c2csc(Nc3cnc4ccccc4c3)n2)c(SC)s1. The summed E-state index contributed by atoms with van der Waals surface area (Å²) in [5.41, 5.74) is 3.64. The Kier molecular flexibility index (Phi) is 5.11. The van der Waals surface area contributed by atoms with Crippen molar-refractivity contribution >= 4 is 62.1 Å². The molecule has 0 fully saturated rings. The first kappa shape index (κ1) is 18.0. The molecule has 8 heteroatoms. The molecule has 0 unspecified atom stereocenters. The van der Waals surface area contributed by atoms with Crippen LogP contribution in [0.3, 0.4) is 0 Å². The van der Waals surface area contributed by atoms with Crippen LogP contribution in [0.1, 0.15) is 9.67 Å². The van der Waals surface area contributed by atoms with Crippen molar-refractivity contribution in [3.8, 4) is 11.3 Å². The number of carbonyl (C=O) groups is 1. The number of methoxy groups -OCH3 is 1. The summed E-state index contributed by atoms with van der Waals surface area (Å²) in [5.74, 6) is -0.322. The van der Waals surface area contributed by atoms with Crippen LogP contribution >= 0.6 is 34.4 Å². The Morgan fingerprint density at radius 2 is 2.11 bits per heavy atom. The number of nitrogens with one attached hydrogen (secondary N) is 1. The van der Waals surface area contributed by atoms with Crippen LogP contribution in [0.2, 0.25) is 0 Å². The van der Waals surface area contributed by atoms with Crippen LogP contribution in [0.5, 0.6) is 0 Å². The number of rotatable bonds is 5. The molecule has 1 aromatic carbocycles. The first-order valence-electron chi connectivity index (χ1n) is 8.02. The Labute approximate surface area is 168 Å². The highest BCUT2D eigenvalue weighted by Crippen LogP contribution is 2.39. The number of benzene rings is 1. The maximum Gasteiger partial charge on any atom is 0.348 e. The van der Waals surface area contributed by atoms with Gasteiger partial charge in [-0.25, -0.2) is 9.78 Å². The fourth-order valence-corrected chi connectivity index (χ4v) is 5.16. The quantitative estimate of drug-likeness (QED) is 0.336. The number of pyridine rings is 1. The molecule has 3 aromatic heterocycles. The summed E-state index contributed by atoms with van der Waals surface area (Å²) >= 11 is 4.54. The number of fused-ring (bicyclic) bond motifs is 1. The molecule has 4 aromatic rings. The number of esters is 1. The predicted molar refractivity (Wildman–Crippen MR) is 114 cm³/mol. The van der Waals surface area contributed by atoms with Gasteiger partial charge in [-0.05, 0) is 24.5 Å². The van der Waals surface area contributed by atoms with Gasteiger partial charge in [-0.2, -0.15) is 0 Å². The fraction of sp³-hybridized carbons (Fsp3) is 0.105. The van der Waals surface area contributed by atoms with E-state index in [0.29, 0.717) is 4.88 Å². The summed E-state index contributed by atoms with van der Waals surface area (Å²) in [7, 11) is 1.39. The fourth-order valence-electron chi connectivity index (χ4n) is 2.62. The summed E-state index contributed by atoms with van der Waals surface area (Å²) in [4.78, 5) is 21.6. The Bertz CT molecular complexity index is 1120. The normalized spacial score (nSPS) is 10.9. The van der Waals surface area contributed by atoms with E-state index in [1.165, 1.54) is 29.8 Å². The number of thiophene rings is 1. The van der Waals surface area contributed by atoms with Gasteiger partial charge in [0.2, 0.25) is 0 Å². The molecule has 0 amide bonds. The molecule has 0 aliphatic rings. The van der Waals surface area contributed by atoms with Gasteiger partial charge in [-0.3, -0.25) is 4.98 Å². The van der Waals surface area contributed by atoms with Crippen LogP contribution in [0.15, 0.2) is 52.2 Å². The lowest BCUT2D eigenvalue weighted by molar-refractivity contribution is 0.0606. The third-order valence-corrected chi connectivity index (χ3v) is 6.90. The summed E-state index contributed by atoms with van der Waals surface area (Å²) in [6.45, 7) is 0. The number of hydrogen-bond acceptors (Lipinski definition) is 8. The van der Waals surface area contributed by atoms with Gasteiger partial charge in [-0.15, -0.1) is 34.4 Å².